The second kappa shape index (κ2) is 5.66. The average molecular weight is 249 g/mol. The lowest BCUT2D eigenvalue weighted by molar-refractivity contribution is -0.120. The van der Waals surface area contributed by atoms with Gasteiger partial charge in [-0.25, -0.2) is 9.97 Å². The topological polar surface area (TPSA) is 70.2 Å². The fraction of sp³-hybridized carbons (Fsp3) is 0.583. The van der Waals surface area contributed by atoms with E-state index in [1.54, 1.807) is 0 Å². The predicted octanol–water partition coefficient (Wildman–Crippen LogP) is 0.543. The molecule has 0 bridgehead atoms. The molecule has 0 radical (unpaired) electrons. The molecular formula is C12H19N5O. The van der Waals surface area contributed by atoms with E-state index in [2.05, 4.69) is 27.5 Å². The van der Waals surface area contributed by atoms with Gasteiger partial charge in [-0.1, -0.05) is 6.92 Å². The number of amides is 1. The molecule has 0 saturated carbocycles. The van der Waals surface area contributed by atoms with Gasteiger partial charge in [0, 0.05) is 25.7 Å². The number of hydrogen-bond donors (Lipinski definition) is 2. The largest absolute Gasteiger partial charge is 0.370 e. The van der Waals surface area contributed by atoms with E-state index >= 15 is 0 Å². The zero-order chi connectivity index (χ0) is 13.0. The highest BCUT2D eigenvalue weighted by atomic mass is 16.2. The minimum Gasteiger partial charge on any atom is -0.370 e. The minimum absolute atomic E-state index is 0.0422. The summed E-state index contributed by atoms with van der Waals surface area (Å²) in [7, 11) is 0. The highest BCUT2D eigenvalue weighted by Gasteiger charge is 2.18. The summed E-state index contributed by atoms with van der Waals surface area (Å²) in [4.78, 5) is 22.1. The van der Waals surface area contributed by atoms with Gasteiger partial charge < -0.3 is 15.5 Å². The van der Waals surface area contributed by atoms with E-state index in [-0.39, 0.29) is 5.91 Å². The Hall–Kier alpha value is -1.85. The lowest BCUT2D eigenvalue weighted by Gasteiger charge is -2.27. The molecule has 2 heterocycles. The van der Waals surface area contributed by atoms with Gasteiger partial charge in [0.05, 0.1) is 6.54 Å². The van der Waals surface area contributed by atoms with Crippen LogP contribution in [0.3, 0.4) is 0 Å². The number of aryl methyl sites for hydroxylation is 1. The number of aromatic nitrogens is 2. The fourth-order valence-electron chi connectivity index (χ4n) is 1.89. The third-order valence-corrected chi connectivity index (χ3v) is 2.74. The zero-order valence-corrected chi connectivity index (χ0v) is 10.9. The van der Waals surface area contributed by atoms with Gasteiger partial charge in [-0.05, 0) is 13.3 Å². The van der Waals surface area contributed by atoms with E-state index in [4.69, 9.17) is 0 Å². The molecule has 1 aromatic rings. The minimum atomic E-state index is 0.0422. The highest BCUT2D eigenvalue weighted by Crippen LogP contribution is 2.16. The third kappa shape index (κ3) is 3.09. The fourth-order valence-corrected chi connectivity index (χ4v) is 1.89. The van der Waals surface area contributed by atoms with Gasteiger partial charge in [0.15, 0.2) is 0 Å². The van der Waals surface area contributed by atoms with Crippen molar-refractivity contribution in [1.82, 2.24) is 15.3 Å². The SMILES string of the molecule is CCCNc1cc(N2CCNC(=O)C2)nc(C)n1. The number of anilines is 2. The molecule has 0 unspecified atom stereocenters. The summed E-state index contributed by atoms with van der Waals surface area (Å²) >= 11 is 0. The van der Waals surface area contributed by atoms with Crippen molar-refractivity contribution in [2.75, 3.05) is 36.4 Å². The first-order valence-electron chi connectivity index (χ1n) is 6.30. The molecule has 98 valence electrons. The van der Waals surface area contributed by atoms with Crippen molar-refractivity contribution in [1.29, 1.82) is 0 Å². The molecule has 2 rings (SSSR count). The maximum atomic E-state index is 11.4. The number of carbonyl (C=O) groups excluding carboxylic acids is 1. The smallest absolute Gasteiger partial charge is 0.239 e. The van der Waals surface area contributed by atoms with Crippen LogP contribution in [0.1, 0.15) is 19.2 Å². The zero-order valence-electron chi connectivity index (χ0n) is 10.9. The number of hydrogen-bond acceptors (Lipinski definition) is 5. The van der Waals surface area contributed by atoms with Gasteiger partial charge >= 0.3 is 0 Å². The van der Waals surface area contributed by atoms with Gasteiger partial charge in [0.2, 0.25) is 5.91 Å². The van der Waals surface area contributed by atoms with Crippen LogP contribution < -0.4 is 15.5 Å². The van der Waals surface area contributed by atoms with Crippen LogP contribution in [-0.4, -0.2) is 42.1 Å². The quantitative estimate of drug-likeness (QED) is 0.815. The Bertz CT molecular complexity index is 434. The molecule has 0 atom stereocenters. The molecule has 1 aliphatic rings. The number of carbonyl (C=O) groups is 1. The standard InChI is InChI=1S/C12H19N5O/c1-3-4-13-10-7-11(16-9(2)15-10)17-6-5-14-12(18)8-17/h7H,3-6,8H2,1-2H3,(H,14,18)(H,13,15,16). The second-order valence-electron chi connectivity index (χ2n) is 4.36. The first kappa shape index (κ1) is 12.6. The number of rotatable bonds is 4. The first-order valence-corrected chi connectivity index (χ1v) is 6.30. The number of nitrogens with one attached hydrogen (secondary N) is 2. The predicted molar refractivity (Wildman–Crippen MR) is 70.8 cm³/mol. The van der Waals surface area contributed by atoms with E-state index in [1.165, 1.54) is 0 Å². The molecule has 18 heavy (non-hydrogen) atoms. The van der Waals surface area contributed by atoms with E-state index in [9.17, 15) is 4.79 Å². The lowest BCUT2D eigenvalue weighted by Crippen LogP contribution is -2.48. The van der Waals surface area contributed by atoms with Crippen LogP contribution in [-0.2, 0) is 4.79 Å². The summed E-state index contributed by atoms with van der Waals surface area (Å²) in [5.74, 6) is 2.40. The van der Waals surface area contributed by atoms with Gasteiger partial charge in [0.25, 0.3) is 0 Å². The van der Waals surface area contributed by atoms with Crippen molar-refractivity contribution in [3.05, 3.63) is 11.9 Å². The second-order valence-corrected chi connectivity index (χ2v) is 4.36. The summed E-state index contributed by atoms with van der Waals surface area (Å²) in [5, 5.41) is 6.05. The van der Waals surface area contributed by atoms with E-state index < -0.39 is 0 Å². The molecule has 6 heteroatoms. The van der Waals surface area contributed by atoms with Crippen molar-refractivity contribution in [2.45, 2.75) is 20.3 Å². The van der Waals surface area contributed by atoms with Crippen molar-refractivity contribution in [3.63, 3.8) is 0 Å². The molecular weight excluding hydrogens is 230 g/mol. The Morgan fingerprint density at radius 3 is 3.06 bits per heavy atom. The molecule has 0 aromatic carbocycles. The Balaban J connectivity index is 2.16. The molecule has 1 aliphatic heterocycles. The molecule has 0 aliphatic carbocycles. The van der Waals surface area contributed by atoms with Crippen molar-refractivity contribution < 1.29 is 4.79 Å². The van der Waals surface area contributed by atoms with Crippen molar-refractivity contribution in [2.24, 2.45) is 0 Å². The maximum absolute atomic E-state index is 11.4. The lowest BCUT2D eigenvalue weighted by atomic mass is 10.3. The van der Waals surface area contributed by atoms with E-state index in [0.29, 0.717) is 13.1 Å². The van der Waals surface area contributed by atoms with Gasteiger partial charge in [-0.3, -0.25) is 4.79 Å². The molecule has 0 spiro atoms. The normalized spacial score (nSPS) is 15.4. The Labute approximate surface area is 107 Å². The molecule has 1 saturated heterocycles. The number of nitrogens with zero attached hydrogens (tertiary/aromatic N) is 3. The molecule has 2 N–H and O–H groups in total. The van der Waals surface area contributed by atoms with E-state index in [1.807, 2.05) is 17.9 Å². The van der Waals surface area contributed by atoms with Crippen LogP contribution >= 0.6 is 0 Å². The molecule has 1 amide bonds. The summed E-state index contributed by atoms with van der Waals surface area (Å²) in [6.07, 6.45) is 1.05. The number of piperazine rings is 1. The molecule has 6 nitrogen and oxygen atoms in total. The highest BCUT2D eigenvalue weighted by molar-refractivity contribution is 5.82. The Morgan fingerprint density at radius 1 is 1.50 bits per heavy atom. The van der Waals surface area contributed by atoms with Crippen LogP contribution in [0.5, 0.6) is 0 Å². The Kier molecular flexibility index (Phi) is 3.96. The summed E-state index contributed by atoms with van der Waals surface area (Å²) < 4.78 is 0. The van der Waals surface area contributed by atoms with Crippen LogP contribution in [0, 0.1) is 6.92 Å². The van der Waals surface area contributed by atoms with Gasteiger partial charge in [0.1, 0.15) is 17.5 Å². The monoisotopic (exact) mass is 249 g/mol. The molecule has 1 fully saturated rings. The third-order valence-electron chi connectivity index (χ3n) is 2.74. The average Bonchev–Trinajstić information content (AvgIpc) is 2.36. The Morgan fingerprint density at radius 2 is 2.33 bits per heavy atom. The summed E-state index contributed by atoms with van der Waals surface area (Å²) in [6.45, 7) is 6.68. The van der Waals surface area contributed by atoms with Crippen LogP contribution in [0.25, 0.3) is 0 Å². The van der Waals surface area contributed by atoms with Crippen molar-refractivity contribution in [3.8, 4) is 0 Å². The van der Waals surface area contributed by atoms with Crippen LogP contribution in [0.4, 0.5) is 11.6 Å². The van der Waals surface area contributed by atoms with Crippen molar-refractivity contribution >= 4 is 17.5 Å². The van der Waals surface area contributed by atoms with Gasteiger partial charge in [-0.2, -0.15) is 0 Å². The maximum Gasteiger partial charge on any atom is 0.239 e. The van der Waals surface area contributed by atoms with Gasteiger partial charge in [-0.15, -0.1) is 0 Å². The summed E-state index contributed by atoms with van der Waals surface area (Å²) in [6, 6.07) is 1.90. The summed E-state index contributed by atoms with van der Waals surface area (Å²) in [5.41, 5.74) is 0. The first-order chi connectivity index (χ1) is 8.69. The molecule has 1 aromatic heterocycles. The van der Waals surface area contributed by atoms with Crippen LogP contribution in [0.2, 0.25) is 0 Å². The van der Waals surface area contributed by atoms with Crippen LogP contribution in [0.15, 0.2) is 6.07 Å². The van der Waals surface area contributed by atoms with E-state index in [0.717, 1.165) is 37.0 Å².